The Kier molecular flexibility index (Phi) is 5.94. The van der Waals surface area contributed by atoms with Gasteiger partial charge in [0, 0.05) is 40.0 Å². The number of piperidine rings is 1. The van der Waals surface area contributed by atoms with Gasteiger partial charge in [-0.25, -0.2) is 0 Å². The number of likely N-dealkylation sites (tertiary alicyclic amines) is 1. The minimum absolute atomic E-state index is 0.00323. The van der Waals surface area contributed by atoms with E-state index in [9.17, 15) is 4.79 Å². The van der Waals surface area contributed by atoms with Gasteiger partial charge in [0.1, 0.15) is 6.61 Å². The first-order chi connectivity index (χ1) is 11.2. The average Bonchev–Trinajstić information content (AvgIpc) is 3.37. The molecule has 0 aromatic rings. The number of hydrogen-bond acceptors (Lipinski definition) is 4. The summed E-state index contributed by atoms with van der Waals surface area (Å²) in [5, 5.41) is 0. The molecule has 1 atom stereocenters. The van der Waals surface area contributed by atoms with Crippen molar-refractivity contribution in [2.24, 2.45) is 11.8 Å². The summed E-state index contributed by atoms with van der Waals surface area (Å²) < 4.78 is 16.9. The molecule has 1 amide bonds. The molecule has 2 heterocycles. The van der Waals surface area contributed by atoms with Gasteiger partial charge < -0.3 is 19.1 Å². The second kappa shape index (κ2) is 7.95. The van der Waals surface area contributed by atoms with Crippen LogP contribution in [-0.2, 0) is 19.0 Å². The topological polar surface area (TPSA) is 48.0 Å². The van der Waals surface area contributed by atoms with Crippen LogP contribution in [-0.4, -0.2) is 63.0 Å². The Hall–Kier alpha value is -0.650. The second-order valence-electron chi connectivity index (χ2n) is 7.51. The normalized spacial score (nSPS) is 27.3. The summed E-state index contributed by atoms with van der Waals surface area (Å²) in [7, 11) is 1.57. The Bertz CT molecular complexity index is 388. The Morgan fingerprint density at radius 1 is 1.22 bits per heavy atom. The van der Waals surface area contributed by atoms with E-state index in [-0.39, 0.29) is 18.1 Å². The van der Waals surface area contributed by atoms with Crippen LogP contribution < -0.4 is 0 Å². The van der Waals surface area contributed by atoms with Crippen LogP contribution in [0.5, 0.6) is 0 Å². The molecule has 2 aliphatic heterocycles. The van der Waals surface area contributed by atoms with Crippen LogP contribution in [0.15, 0.2) is 0 Å². The average molecular weight is 325 g/mol. The number of ether oxygens (including phenoxy) is 3. The van der Waals surface area contributed by atoms with Gasteiger partial charge in [-0.3, -0.25) is 4.79 Å². The largest absolute Gasteiger partial charge is 0.381 e. The van der Waals surface area contributed by atoms with Crippen LogP contribution in [0.4, 0.5) is 0 Å². The van der Waals surface area contributed by atoms with Crippen LogP contribution in [0.3, 0.4) is 0 Å². The molecule has 1 spiro atoms. The molecule has 5 nitrogen and oxygen atoms in total. The lowest BCUT2D eigenvalue weighted by Crippen LogP contribution is -2.51. The molecule has 0 aromatic carbocycles. The van der Waals surface area contributed by atoms with Gasteiger partial charge in [-0.05, 0) is 56.8 Å². The summed E-state index contributed by atoms with van der Waals surface area (Å²) in [5.74, 6) is 1.66. The molecule has 5 heteroatoms. The van der Waals surface area contributed by atoms with Gasteiger partial charge in [0.15, 0.2) is 0 Å². The third-order valence-electron chi connectivity index (χ3n) is 5.61. The quantitative estimate of drug-likeness (QED) is 0.674. The van der Waals surface area contributed by atoms with Gasteiger partial charge in [-0.1, -0.05) is 0 Å². The van der Waals surface area contributed by atoms with Crippen LogP contribution in [0.1, 0.15) is 44.9 Å². The van der Waals surface area contributed by atoms with E-state index < -0.39 is 0 Å². The van der Waals surface area contributed by atoms with Crippen molar-refractivity contribution in [1.82, 2.24) is 4.90 Å². The number of hydrogen-bond donors (Lipinski definition) is 0. The van der Waals surface area contributed by atoms with Crippen LogP contribution >= 0.6 is 0 Å². The first-order valence-corrected chi connectivity index (χ1v) is 9.19. The van der Waals surface area contributed by atoms with E-state index >= 15 is 0 Å². The van der Waals surface area contributed by atoms with E-state index in [4.69, 9.17) is 14.2 Å². The molecule has 0 radical (unpaired) electrons. The minimum Gasteiger partial charge on any atom is -0.381 e. The fraction of sp³-hybridized carbons (Fsp3) is 0.944. The summed E-state index contributed by atoms with van der Waals surface area (Å²) in [6, 6.07) is 0. The van der Waals surface area contributed by atoms with E-state index in [1.165, 1.54) is 12.8 Å². The number of amides is 1. The number of methoxy groups -OCH3 is 1. The third-order valence-corrected chi connectivity index (χ3v) is 5.61. The predicted molar refractivity (Wildman–Crippen MR) is 87.3 cm³/mol. The van der Waals surface area contributed by atoms with Gasteiger partial charge in [0.2, 0.25) is 5.91 Å². The molecule has 0 bridgehead atoms. The maximum absolute atomic E-state index is 11.9. The Morgan fingerprint density at radius 3 is 2.70 bits per heavy atom. The Balaban J connectivity index is 1.39. The van der Waals surface area contributed by atoms with Crippen LogP contribution in [0, 0.1) is 11.8 Å². The number of nitrogens with zero attached hydrogens (tertiary/aromatic N) is 1. The standard InChI is InChI=1S/C18H31NO4/c1-21-14-17(20)19-8-6-18(7-9-19)12-15(5-11-23-18)4-10-22-13-16-2-3-16/h15-16H,2-14H2,1H3/t15-/m0/s1. The molecule has 3 aliphatic rings. The predicted octanol–water partition coefficient (Wildman–Crippen LogP) is 2.24. The zero-order chi connectivity index (χ0) is 16.1. The van der Waals surface area contributed by atoms with Crippen molar-refractivity contribution < 1.29 is 19.0 Å². The van der Waals surface area contributed by atoms with Gasteiger partial charge >= 0.3 is 0 Å². The molecular formula is C18H31NO4. The lowest BCUT2D eigenvalue weighted by Gasteiger charge is -2.46. The summed E-state index contributed by atoms with van der Waals surface area (Å²) in [6.45, 7) is 4.51. The Labute approximate surface area is 139 Å². The molecular weight excluding hydrogens is 294 g/mol. The van der Waals surface area contributed by atoms with E-state index in [2.05, 4.69) is 0 Å². The van der Waals surface area contributed by atoms with E-state index in [0.717, 1.165) is 70.9 Å². The smallest absolute Gasteiger partial charge is 0.248 e. The van der Waals surface area contributed by atoms with Crippen LogP contribution in [0.2, 0.25) is 0 Å². The molecule has 0 aromatic heterocycles. The van der Waals surface area contributed by atoms with Gasteiger partial charge in [-0.15, -0.1) is 0 Å². The molecule has 1 aliphatic carbocycles. The zero-order valence-electron chi connectivity index (χ0n) is 14.4. The van der Waals surface area contributed by atoms with Crippen molar-refractivity contribution in [3.05, 3.63) is 0 Å². The minimum atomic E-state index is 0.00323. The maximum atomic E-state index is 11.9. The first kappa shape index (κ1) is 17.2. The molecule has 23 heavy (non-hydrogen) atoms. The monoisotopic (exact) mass is 325 g/mol. The van der Waals surface area contributed by atoms with Gasteiger partial charge in [0.05, 0.1) is 5.60 Å². The van der Waals surface area contributed by atoms with E-state index in [0.29, 0.717) is 5.92 Å². The molecule has 0 N–H and O–H groups in total. The van der Waals surface area contributed by atoms with Crippen molar-refractivity contribution in [2.45, 2.75) is 50.5 Å². The summed E-state index contributed by atoms with van der Waals surface area (Å²) >= 11 is 0. The van der Waals surface area contributed by atoms with Crippen LogP contribution in [0.25, 0.3) is 0 Å². The highest BCUT2D eigenvalue weighted by atomic mass is 16.5. The van der Waals surface area contributed by atoms with Gasteiger partial charge in [0.25, 0.3) is 0 Å². The number of rotatable bonds is 7. The van der Waals surface area contributed by atoms with Crippen molar-refractivity contribution in [1.29, 1.82) is 0 Å². The molecule has 132 valence electrons. The maximum Gasteiger partial charge on any atom is 0.248 e. The SMILES string of the molecule is COCC(=O)N1CCC2(CC1)C[C@@H](CCOCC1CC1)CCO2. The number of carbonyl (C=O) groups excluding carboxylic acids is 1. The molecule has 2 saturated heterocycles. The second-order valence-corrected chi connectivity index (χ2v) is 7.51. The fourth-order valence-corrected chi connectivity index (χ4v) is 3.89. The highest BCUT2D eigenvalue weighted by molar-refractivity contribution is 5.77. The first-order valence-electron chi connectivity index (χ1n) is 9.19. The van der Waals surface area contributed by atoms with Crippen molar-refractivity contribution in [3.8, 4) is 0 Å². The molecule has 0 unspecified atom stereocenters. The summed E-state index contributed by atoms with van der Waals surface area (Å²) in [5.41, 5.74) is 0.00323. The van der Waals surface area contributed by atoms with E-state index in [1.807, 2.05) is 4.90 Å². The lowest BCUT2D eigenvalue weighted by atomic mass is 9.78. The summed E-state index contributed by atoms with van der Waals surface area (Å²) in [4.78, 5) is 13.8. The van der Waals surface area contributed by atoms with Gasteiger partial charge in [-0.2, -0.15) is 0 Å². The highest BCUT2D eigenvalue weighted by Gasteiger charge is 2.40. The Morgan fingerprint density at radius 2 is 2.00 bits per heavy atom. The molecule has 3 fully saturated rings. The fourth-order valence-electron chi connectivity index (χ4n) is 3.89. The van der Waals surface area contributed by atoms with Crippen molar-refractivity contribution in [2.75, 3.05) is 46.6 Å². The third kappa shape index (κ3) is 4.91. The zero-order valence-corrected chi connectivity index (χ0v) is 14.4. The van der Waals surface area contributed by atoms with Crippen molar-refractivity contribution >= 4 is 5.91 Å². The number of carbonyl (C=O) groups is 1. The van der Waals surface area contributed by atoms with Crippen molar-refractivity contribution in [3.63, 3.8) is 0 Å². The molecule has 3 rings (SSSR count). The van der Waals surface area contributed by atoms with E-state index in [1.54, 1.807) is 7.11 Å². The lowest BCUT2D eigenvalue weighted by molar-refractivity contribution is -0.150. The molecule has 1 saturated carbocycles. The highest BCUT2D eigenvalue weighted by Crippen LogP contribution is 2.39. The summed E-state index contributed by atoms with van der Waals surface area (Å²) in [6.07, 6.45) is 8.08.